The van der Waals surface area contributed by atoms with Crippen molar-refractivity contribution in [1.82, 2.24) is 0 Å². The third-order valence-corrected chi connectivity index (χ3v) is 2.86. The Kier molecular flexibility index (Phi) is 3.67. The second-order valence-electron chi connectivity index (χ2n) is 4.00. The Morgan fingerprint density at radius 1 is 1.10 bits per heavy atom. The lowest BCUT2D eigenvalue weighted by molar-refractivity contribution is -0.384. The summed E-state index contributed by atoms with van der Waals surface area (Å²) in [4.78, 5) is 10.0. The van der Waals surface area contributed by atoms with E-state index in [1.165, 1.54) is 24.3 Å². The van der Waals surface area contributed by atoms with Crippen LogP contribution in [0, 0.1) is 10.1 Å². The fourth-order valence-corrected chi connectivity index (χ4v) is 2.05. The Bertz CT molecular complexity index is 671. The molecule has 104 valence electrons. The van der Waals surface area contributed by atoms with E-state index in [1.54, 1.807) is 0 Å². The molecular weight excluding hydrogens is 295 g/mol. The summed E-state index contributed by atoms with van der Waals surface area (Å²) in [6.07, 6.45) is -4.55. The molecule has 0 aromatic heterocycles. The molecule has 7 heteroatoms. The van der Waals surface area contributed by atoms with Crippen LogP contribution in [-0.4, -0.2) is 4.92 Å². The summed E-state index contributed by atoms with van der Waals surface area (Å²) in [5.41, 5.74) is -1.32. The Labute approximate surface area is 116 Å². The molecule has 0 atom stereocenters. The first-order chi connectivity index (χ1) is 9.29. The minimum Gasteiger partial charge on any atom is -0.258 e. The fourth-order valence-electron chi connectivity index (χ4n) is 1.82. The van der Waals surface area contributed by atoms with Crippen molar-refractivity contribution in [1.29, 1.82) is 0 Å². The van der Waals surface area contributed by atoms with Gasteiger partial charge in [0.15, 0.2) is 0 Å². The average molecular weight is 302 g/mol. The van der Waals surface area contributed by atoms with E-state index in [-0.39, 0.29) is 21.8 Å². The van der Waals surface area contributed by atoms with Gasteiger partial charge in [0.25, 0.3) is 5.69 Å². The van der Waals surface area contributed by atoms with Gasteiger partial charge in [-0.05, 0) is 23.3 Å². The van der Waals surface area contributed by atoms with E-state index in [9.17, 15) is 23.3 Å². The highest BCUT2D eigenvalue weighted by Crippen LogP contribution is 2.38. The third kappa shape index (κ3) is 2.91. The van der Waals surface area contributed by atoms with Gasteiger partial charge in [0.1, 0.15) is 0 Å². The Hall–Kier alpha value is -2.08. The molecular formula is C13H7ClF3NO2. The second-order valence-corrected chi connectivity index (χ2v) is 4.43. The SMILES string of the molecule is O=[N+]([O-])c1cc(Cl)cc(-c2ccccc2C(F)(F)F)c1. The summed E-state index contributed by atoms with van der Waals surface area (Å²) in [6.45, 7) is 0. The fraction of sp³-hybridized carbons (Fsp3) is 0.0769. The van der Waals surface area contributed by atoms with Gasteiger partial charge in [0.2, 0.25) is 0 Å². The number of nitrogens with zero attached hydrogens (tertiary/aromatic N) is 1. The molecule has 0 heterocycles. The van der Waals surface area contributed by atoms with Crippen LogP contribution in [0.25, 0.3) is 11.1 Å². The molecule has 0 aliphatic rings. The van der Waals surface area contributed by atoms with Gasteiger partial charge in [-0.15, -0.1) is 0 Å². The van der Waals surface area contributed by atoms with E-state index in [0.29, 0.717) is 0 Å². The zero-order valence-electron chi connectivity index (χ0n) is 9.82. The van der Waals surface area contributed by atoms with Crippen LogP contribution in [0.1, 0.15) is 5.56 Å². The molecule has 0 saturated carbocycles. The van der Waals surface area contributed by atoms with Crippen LogP contribution in [0.3, 0.4) is 0 Å². The number of nitro benzene ring substituents is 1. The number of halogens is 4. The van der Waals surface area contributed by atoms with Crippen molar-refractivity contribution < 1.29 is 18.1 Å². The van der Waals surface area contributed by atoms with Crippen molar-refractivity contribution in [3.8, 4) is 11.1 Å². The van der Waals surface area contributed by atoms with Crippen LogP contribution >= 0.6 is 11.6 Å². The highest BCUT2D eigenvalue weighted by Gasteiger charge is 2.33. The van der Waals surface area contributed by atoms with Crippen LogP contribution in [0.15, 0.2) is 42.5 Å². The van der Waals surface area contributed by atoms with Gasteiger partial charge >= 0.3 is 6.18 Å². The summed E-state index contributed by atoms with van der Waals surface area (Å²) in [5.74, 6) is 0. The Morgan fingerprint density at radius 2 is 1.75 bits per heavy atom. The monoisotopic (exact) mass is 301 g/mol. The smallest absolute Gasteiger partial charge is 0.258 e. The molecule has 20 heavy (non-hydrogen) atoms. The minimum atomic E-state index is -4.55. The van der Waals surface area contributed by atoms with Crippen LogP contribution in [-0.2, 0) is 6.18 Å². The van der Waals surface area contributed by atoms with E-state index >= 15 is 0 Å². The molecule has 0 fully saturated rings. The zero-order valence-corrected chi connectivity index (χ0v) is 10.6. The van der Waals surface area contributed by atoms with Gasteiger partial charge < -0.3 is 0 Å². The highest BCUT2D eigenvalue weighted by molar-refractivity contribution is 6.31. The average Bonchev–Trinajstić information content (AvgIpc) is 2.37. The van der Waals surface area contributed by atoms with Crippen molar-refractivity contribution >= 4 is 17.3 Å². The number of rotatable bonds is 2. The molecule has 2 aromatic carbocycles. The topological polar surface area (TPSA) is 43.1 Å². The highest BCUT2D eigenvalue weighted by atomic mass is 35.5. The molecule has 0 aliphatic heterocycles. The van der Waals surface area contributed by atoms with Crippen molar-refractivity contribution in [2.24, 2.45) is 0 Å². The third-order valence-electron chi connectivity index (χ3n) is 2.64. The lowest BCUT2D eigenvalue weighted by Crippen LogP contribution is -2.06. The summed E-state index contributed by atoms with van der Waals surface area (Å²) >= 11 is 5.72. The summed E-state index contributed by atoms with van der Waals surface area (Å²) < 4.78 is 38.8. The van der Waals surface area contributed by atoms with Crippen LogP contribution in [0.4, 0.5) is 18.9 Å². The first kappa shape index (κ1) is 14.3. The number of alkyl halides is 3. The van der Waals surface area contributed by atoms with Crippen LogP contribution < -0.4 is 0 Å². The normalized spacial score (nSPS) is 11.4. The first-order valence-corrected chi connectivity index (χ1v) is 5.78. The largest absolute Gasteiger partial charge is 0.417 e. The molecule has 0 bridgehead atoms. The number of hydrogen-bond donors (Lipinski definition) is 0. The molecule has 3 nitrogen and oxygen atoms in total. The maximum atomic E-state index is 12.9. The number of nitro groups is 1. The summed E-state index contributed by atoms with van der Waals surface area (Å²) in [7, 11) is 0. The maximum absolute atomic E-state index is 12.9. The molecule has 2 rings (SSSR count). The predicted octanol–water partition coefficient (Wildman–Crippen LogP) is 4.93. The van der Waals surface area contributed by atoms with Gasteiger partial charge in [-0.25, -0.2) is 0 Å². The molecule has 0 unspecified atom stereocenters. The van der Waals surface area contributed by atoms with Gasteiger partial charge in [0, 0.05) is 17.2 Å². The molecule has 2 aromatic rings. The van der Waals surface area contributed by atoms with Crippen molar-refractivity contribution in [3.05, 3.63) is 63.2 Å². The molecule has 0 radical (unpaired) electrons. The Morgan fingerprint density at radius 3 is 2.35 bits per heavy atom. The van der Waals surface area contributed by atoms with E-state index in [0.717, 1.165) is 18.2 Å². The standard InChI is InChI=1S/C13H7ClF3NO2/c14-9-5-8(6-10(7-9)18(19)20)11-3-1-2-4-12(11)13(15,16)17/h1-7H. The molecule has 0 spiro atoms. The predicted molar refractivity (Wildman–Crippen MR) is 68.5 cm³/mol. The van der Waals surface area contributed by atoms with E-state index in [1.807, 2.05) is 0 Å². The van der Waals surface area contributed by atoms with Crippen molar-refractivity contribution in [2.45, 2.75) is 6.18 Å². The van der Waals surface area contributed by atoms with E-state index in [2.05, 4.69) is 0 Å². The quantitative estimate of drug-likeness (QED) is 0.583. The molecule has 0 amide bonds. The van der Waals surface area contributed by atoms with Crippen LogP contribution in [0.2, 0.25) is 5.02 Å². The van der Waals surface area contributed by atoms with E-state index in [4.69, 9.17) is 11.6 Å². The lowest BCUT2D eigenvalue weighted by atomic mass is 9.99. The van der Waals surface area contributed by atoms with Crippen molar-refractivity contribution in [3.63, 3.8) is 0 Å². The first-order valence-electron chi connectivity index (χ1n) is 5.40. The summed E-state index contributed by atoms with van der Waals surface area (Å²) in [5, 5.41) is 10.7. The number of benzene rings is 2. The van der Waals surface area contributed by atoms with Gasteiger partial charge in [0.05, 0.1) is 10.5 Å². The second kappa shape index (κ2) is 5.13. The van der Waals surface area contributed by atoms with Gasteiger partial charge in [-0.3, -0.25) is 10.1 Å². The number of hydrogen-bond acceptors (Lipinski definition) is 2. The maximum Gasteiger partial charge on any atom is 0.417 e. The lowest BCUT2D eigenvalue weighted by Gasteiger charge is -2.12. The van der Waals surface area contributed by atoms with Gasteiger partial charge in [-0.2, -0.15) is 13.2 Å². The van der Waals surface area contributed by atoms with Crippen LogP contribution in [0.5, 0.6) is 0 Å². The Balaban J connectivity index is 2.66. The van der Waals surface area contributed by atoms with Crippen molar-refractivity contribution in [2.75, 3.05) is 0 Å². The van der Waals surface area contributed by atoms with E-state index < -0.39 is 16.7 Å². The molecule has 0 N–H and O–H groups in total. The van der Waals surface area contributed by atoms with Gasteiger partial charge in [-0.1, -0.05) is 29.8 Å². The molecule has 0 aliphatic carbocycles. The minimum absolute atomic E-state index is 0.00572. The summed E-state index contributed by atoms with van der Waals surface area (Å²) in [6, 6.07) is 8.26. The molecule has 0 saturated heterocycles. The number of non-ortho nitro benzene ring substituents is 1. The zero-order chi connectivity index (χ0) is 14.9.